The normalized spacial score (nSPS) is 10.4. The summed E-state index contributed by atoms with van der Waals surface area (Å²) in [6.45, 7) is 4.29. The van der Waals surface area contributed by atoms with Crippen molar-refractivity contribution in [2.45, 2.75) is 25.2 Å². The fraction of sp³-hybridized carbons (Fsp3) is 0.455. The summed E-state index contributed by atoms with van der Waals surface area (Å²) < 4.78 is 0. The molecule has 0 unspecified atom stereocenters. The predicted octanol–water partition coefficient (Wildman–Crippen LogP) is 4.02. The first kappa shape index (κ1) is 10.9. The summed E-state index contributed by atoms with van der Waals surface area (Å²) >= 11 is 7.53. The number of hydrogen-bond donors (Lipinski definition) is 0. The molecule has 0 atom stereocenters. The van der Waals surface area contributed by atoms with Gasteiger partial charge in [-0.15, -0.1) is 23.4 Å². The number of aryl methyl sites for hydroxylation is 2. The fourth-order valence-electron chi connectivity index (χ4n) is 1.10. The Kier molecular flexibility index (Phi) is 4.68. The van der Waals surface area contributed by atoms with Crippen molar-refractivity contribution in [1.82, 2.24) is 0 Å². The molecule has 0 aliphatic rings. The summed E-state index contributed by atoms with van der Waals surface area (Å²) in [6.07, 6.45) is 1.08. The number of thioether (sulfide) groups is 1. The molecule has 0 N–H and O–H groups in total. The molecule has 0 nitrogen and oxygen atoms in total. The van der Waals surface area contributed by atoms with Crippen molar-refractivity contribution >= 4 is 23.4 Å². The number of alkyl halides is 1. The molecule has 1 rings (SSSR count). The molecular weight excluding hydrogens is 200 g/mol. The first-order valence-electron chi connectivity index (χ1n) is 4.50. The second-order valence-electron chi connectivity index (χ2n) is 3.16. The quantitative estimate of drug-likeness (QED) is 0.415. The van der Waals surface area contributed by atoms with E-state index in [1.807, 2.05) is 11.8 Å². The van der Waals surface area contributed by atoms with E-state index < -0.39 is 0 Å². The average Bonchev–Trinajstić information content (AvgIpc) is 2.11. The number of halogens is 1. The van der Waals surface area contributed by atoms with E-state index in [0.29, 0.717) is 0 Å². The van der Waals surface area contributed by atoms with E-state index in [9.17, 15) is 0 Å². The van der Waals surface area contributed by atoms with Crippen LogP contribution in [0.1, 0.15) is 17.5 Å². The summed E-state index contributed by atoms with van der Waals surface area (Å²) in [5.74, 6) is 1.88. The molecule has 1 aromatic rings. The van der Waals surface area contributed by atoms with Crippen LogP contribution in [0.15, 0.2) is 23.1 Å². The third-order valence-corrected chi connectivity index (χ3v) is 3.39. The lowest BCUT2D eigenvalue weighted by molar-refractivity contribution is 1.11. The maximum absolute atomic E-state index is 5.63. The summed E-state index contributed by atoms with van der Waals surface area (Å²) in [7, 11) is 0. The minimum absolute atomic E-state index is 0.762. The Bertz CT molecular complexity index is 271. The monoisotopic (exact) mass is 214 g/mol. The van der Waals surface area contributed by atoms with E-state index in [2.05, 4.69) is 32.0 Å². The first-order valence-corrected chi connectivity index (χ1v) is 6.02. The molecule has 0 heterocycles. The lowest BCUT2D eigenvalue weighted by Gasteiger charge is -2.05. The Morgan fingerprint density at radius 1 is 1.31 bits per heavy atom. The number of hydrogen-bond acceptors (Lipinski definition) is 1. The number of rotatable bonds is 4. The summed E-state index contributed by atoms with van der Waals surface area (Å²) in [5.41, 5.74) is 2.70. The van der Waals surface area contributed by atoms with Crippen molar-refractivity contribution in [3.63, 3.8) is 0 Å². The van der Waals surface area contributed by atoms with Crippen LogP contribution in [0.25, 0.3) is 0 Å². The molecule has 0 saturated heterocycles. The van der Waals surface area contributed by atoms with Gasteiger partial charge < -0.3 is 0 Å². The smallest absolute Gasteiger partial charge is 0.0231 e. The lowest BCUT2D eigenvalue weighted by Crippen LogP contribution is -1.85. The highest BCUT2D eigenvalue weighted by Crippen LogP contribution is 2.23. The molecule has 0 spiro atoms. The second-order valence-corrected chi connectivity index (χ2v) is 4.67. The Hall–Kier alpha value is -0.140. The molecule has 0 bridgehead atoms. The molecule has 13 heavy (non-hydrogen) atoms. The highest BCUT2D eigenvalue weighted by molar-refractivity contribution is 7.99. The highest BCUT2D eigenvalue weighted by Gasteiger charge is 1.98. The fourth-order valence-corrected chi connectivity index (χ4v) is 2.47. The van der Waals surface area contributed by atoms with Gasteiger partial charge in [0.25, 0.3) is 0 Å². The minimum atomic E-state index is 0.762. The summed E-state index contributed by atoms with van der Waals surface area (Å²) in [5, 5.41) is 0. The third kappa shape index (κ3) is 3.61. The van der Waals surface area contributed by atoms with Gasteiger partial charge in [-0.1, -0.05) is 17.7 Å². The average molecular weight is 215 g/mol. The molecule has 1 aromatic carbocycles. The molecular formula is C11H15ClS. The van der Waals surface area contributed by atoms with Gasteiger partial charge in [0, 0.05) is 10.8 Å². The van der Waals surface area contributed by atoms with Crippen LogP contribution < -0.4 is 0 Å². The summed E-state index contributed by atoms with van der Waals surface area (Å²) in [6, 6.07) is 6.58. The van der Waals surface area contributed by atoms with Gasteiger partial charge in [-0.25, -0.2) is 0 Å². The van der Waals surface area contributed by atoms with Gasteiger partial charge in [-0.2, -0.15) is 0 Å². The van der Waals surface area contributed by atoms with Crippen LogP contribution in [0, 0.1) is 13.8 Å². The van der Waals surface area contributed by atoms with Crippen LogP contribution in [-0.2, 0) is 0 Å². The minimum Gasteiger partial charge on any atom is -0.127 e. The van der Waals surface area contributed by atoms with Gasteiger partial charge in [0.15, 0.2) is 0 Å². The van der Waals surface area contributed by atoms with E-state index in [1.54, 1.807) is 0 Å². The van der Waals surface area contributed by atoms with Gasteiger partial charge in [0.2, 0.25) is 0 Å². The topological polar surface area (TPSA) is 0 Å². The van der Waals surface area contributed by atoms with Gasteiger partial charge in [0.05, 0.1) is 0 Å². The van der Waals surface area contributed by atoms with E-state index in [1.165, 1.54) is 16.0 Å². The maximum atomic E-state index is 5.63. The van der Waals surface area contributed by atoms with Crippen LogP contribution in [0.5, 0.6) is 0 Å². The van der Waals surface area contributed by atoms with Crippen LogP contribution in [0.4, 0.5) is 0 Å². The standard InChI is InChI=1S/C11H15ClS/c1-9-4-5-10(2)11(8-9)13-7-3-6-12/h4-5,8H,3,6-7H2,1-2H3. The largest absolute Gasteiger partial charge is 0.127 e. The molecule has 0 aromatic heterocycles. The van der Waals surface area contributed by atoms with Crippen molar-refractivity contribution in [1.29, 1.82) is 0 Å². The Morgan fingerprint density at radius 3 is 2.77 bits per heavy atom. The Morgan fingerprint density at radius 2 is 2.08 bits per heavy atom. The van der Waals surface area contributed by atoms with Crippen LogP contribution in [-0.4, -0.2) is 11.6 Å². The molecule has 0 fully saturated rings. The predicted molar refractivity (Wildman–Crippen MR) is 62.0 cm³/mol. The van der Waals surface area contributed by atoms with Crippen molar-refractivity contribution in [2.75, 3.05) is 11.6 Å². The Balaban J connectivity index is 2.59. The van der Waals surface area contributed by atoms with Crippen molar-refractivity contribution in [3.8, 4) is 0 Å². The van der Waals surface area contributed by atoms with E-state index in [-0.39, 0.29) is 0 Å². The van der Waals surface area contributed by atoms with Gasteiger partial charge in [-0.05, 0) is 37.7 Å². The molecule has 0 aliphatic carbocycles. The Labute approximate surface area is 89.7 Å². The molecule has 0 amide bonds. The molecule has 72 valence electrons. The van der Waals surface area contributed by atoms with Crippen LogP contribution >= 0.6 is 23.4 Å². The van der Waals surface area contributed by atoms with Crippen LogP contribution in [0.2, 0.25) is 0 Å². The molecule has 2 heteroatoms. The maximum Gasteiger partial charge on any atom is 0.0231 e. The SMILES string of the molecule is Cc1ccc(C)c(SCCCCl)c1. The van der Waals surface area contributed by atoms with E-state index in [0.717, 1.165) is 18.1 Å². The lowest BCUT2D eigenvalue weighted by atomic mass is 10.2. The van der Waals surface area contributed by atoms with Gasteiger partial charge >= 0.3 is 0 Å². The van der Waals surface area contributed by atoms with Gasteiger partial charge in [0.1, 0.15) is 0 Å². The van der Waals surface area contributed by atoms with Crippen molar-refractivity contribution in [2.24, 2.45) is 0 Å². The highest BCUT2D eigenvalue weighted by atomic mass is 35.5. The molecule has 0 saturated carbocycles. The zero-order valence-electron chi connectivity index (χ0n) is 8.14. The van der Waals surface area contributed by atoms with Crippen molar-refractivity contribution < 1.29 is 0 Å². The van der Waals surface area contributed by atoms with Gasteiger partial charge in [-0.3, -0.25) is 0 Å². The second kappa shape index (κ2) is 5.56. The van der Waals surface area contributed by atoms with E-state index in [4.69, 9.17) is 11.6 Å². The van der Waals surface area contributed by atoms with Crippen LogP contribution in [0.3, 0.4) is 0 Å². The molecule has 0 aliphatic heterocycles. The van der Waals surface area contributed by atoms with Crippen molar-refractivity contribution in [3.05, 3.63) is 29.3 Å². The third-order valence-electron chi connectivity index (χ3n) is 1.88. The first-order chi connectivity index (χ1) is 6.24. The number of benzene rings is 1. The van der Waals surface area contributed by atoms with E-state index >= 15 is 0 Å². The summed E-state index contributed by atoms with van der Waals surface area (Å²) in [4.78, 5) is 1.39. The zero-order chi connectivity index (χ0) is 9.68. The zero-order valence-corrected chi connectivity index (χ0v) is 9.71. The molecule has 0 radical (unpaired) electrons.